The molecule has 1 aromatic heterocycles. The first kappa shape index (κ1) is 12.0. The summed E-state index contributed by atoms with van der Waals surface area (Å²) < 4.78 is 5.64. The second-order valence-electron chi connectivity index (χ2n) is 4.42. The molecule has 2 unspecified atom stereocenters. The Bertz CT molecular complexity index is 383. The highest BCUT2D eigenvalue weighted by Crippen LogP contribution is 2.24. The van der Waals surface area contributed by atoms with E-state index in [1.807, 2.05) is 6.07 Å². The lowest BCUT2D eigenvalue weighted by molar-refractivity contribution is 0.0900. The molecule has 2 rings (SSSR count). The van der Waals surface area contributed by atoms with E-state index in [2.05, 4.69) is 17.2 Å². The van der Waals surface area contributed by atoms with Crippen LogP contribution < -0.4 is 16.8 Å². The van der Waals surface area contributed by atoms with E-state index in [0.29, 0.717) is 23.5 Å². The molecule has 0 radical (unpaired) electrons. The highest BCUT2D eigenvalue weighted by Gasteiger charge is 2.26. The molecule has 5 heteroatoms. The lowest BCUT2D eigenvalue weighted by Gasteiger charge is -2.17. The molecular weight excluding hydrogens is 216 g/mol. The summed E-state index contributed by atoms with van der Waals surface area (Å²) in [6.07, 6.45) is 2.54. The van der Waals surface area contributed by atoms with Gasteiger partial charge in [0.05, 0.1) is 11.8 Å². The summed E-state index contributed by atoms with van der Waals surface area (Å²) in [6.45, 7) is 3.89. The van der Waals surface area contributed by atoms with E-state index in [9.17, 15) is 0 Å². The Balaban J connectivity index is 1.91. The van der Waals surface area contributed by atoms with Gasteiger partial charge in [0, 0.05) is 19.1 Å². The van der Waals surface area contributed by atoms with Crippen LogP contribution in [0.15, 0.2) is 12.1 Å². The predicted octanol–water partition coefficient (Wildman–Crippen LogP) is 1.47. The highest BCUT2D eigenvalue weighted by molar-refractivity contribution is 5.61. The van der Waals surface area contributed by atoms with Gasteiger partial charge in [-0.1, -0.05) is 6.92 Å². The Morgan fingerprint density at radius 2 is 2.29 bits per heavy atom. The van der Waals surface area contributed by atoms with Crippen LogP contribution in [0.2, 0.25) is 0 Å². The van der Waals surface area contributed by atoms with Gasteiger partial charge in [-0.2, -0.15) is 0 Å². The van der Waals surface area contributed by atoms with Crippen molar-refractivity contribution in [2.24, 2.45) is 5.92 Å². The first-order valence-electron chi connectivity index (χ1n) is 6.08. The molecule has 1 aliphatic heterocycles. The van der Waals surface area contributed by atoms with Crippen LogP contribution in [-0.4, -0.2) is 24.2 Å². The standard InChI is InChI=1S/C12H20N4O/c1-2-10-8(5-6-17-10)7-15-11-4-3-9(13)12(14)16-11/h3-4,8,10H,2,5-7,13H2,1H3,(H3,14,15,16). The van der Waals surface area contributed by atoms with E-state index >= 15 is 0 Å². The molecule has 2 heterocycles. The maximum absolute atomic E-state index is 5.66. The average molecular weight is 236 g/mol. The first-order chi connectivity index (χ1) is 8.20. The molecule has 2 atom stereocenters. The SMILES string of the molecule is CCC1OCCC1CNc1ccc(N)c(N)n1. The Morgan fingerprint density at radius 3 is 3.00 bits per heavy atom. The van der Waals surface area contributed by atoms with E-state index in [0.717, 1.165) is 31.8 Å². The molecular formula is C12H20N4O. The molecule has 1 fully saturated rings. The fourth-order valence-corrected chi connectivity index (χ4v) is 2.20. The number of anilines is 3. The van der Waals surface area contributed by atoms with Crippen molar-refractivity contribution in [3.8, 4) is 0 Å². The van der Waals surface area contributed by atoms with Crippen LogP contribution in [0.1, 0.15) is 19.8 Å². The number of rotatable bonds is 4. The summed E-state index contributed by atoms with van der Waals surface area (Å²) in [5.41, 5.74) is 11.8. The van der Waals surface area contributed by atoms with Crippen molar-refractivity contribution in [3.63, 3.8) is 0 Å². The van der Waals surface area contributed by atoms with Gasteiger partial charge in [-0.25, -0.2) is 4.98 Å². The van der Waals surface area contributed by atoms with Gasteiger partial charge >= 0.3 is 0 Å². The van der Waals surface area contributed by atoms with Crippen molar-refractivity contribution in [1.82, 2.24) is 4.98 Å². The summed E-state index contributed by atoms with van der Waals surface area (Å²) in [7, 11) is 0. The van der Waals surface area contributed by atoms with E-state index in [1.165, 1.54) is 0 Å². The zero-order chi connectivity index (χ0) is 12.3. The predicted molar refractivity (Wildman–Crippen MR) is 69.7 cm³/mol. The topological polar surface area (TPSA) is 86.2 Å². The van der Waals surface area contributed by atoms with Gasteiger partial charge in [-0.3, -0.25) is 0 Å². The van der Waals surface area contributed by atoms with E-state index in [4.69, 9.17) is 16.2 Å². The number of aromatic nitrogens is 1. The summed E-state index contributed by atoms with van der Waals surface area (Å²) >= 11 is 0. The number of hydrogen-bond donors (Lipinski definition) is 3. The van der Waals surface area contributed by atoms with E-state index in [-0.39, 0.29) is 0 Å². The molecule has 0 bridgehead atoms. The molecule has 0 aromatic carbocycles. The van der Waals surface area contributed by atoms with Gasteiger partial charge in [-0.05, 0) is 25.0 Å². The van der Waals surface area contributed by atoms with Crippen LogP contribution in [0.3, 0.4) is 0 Å². The third-order valence-electron chi connectivity index (χ3n) is 3.25. The zero-order valence-electron chi connectivity index (χ0n) is 10.1. The monoisotopic (exact) mass is 236 g/mol. The van der Waals surface area contributed by atoms with Gasteiger partial charge in [0.15, 0.2) is 0 Å². The summed E-state index contributed by atoms with van der Waals surface area (Å²) in [6, 6.07) is 3.62. The number of nitrogens with zero attached hydrogens (tertiary/aromatic N) is 1. The van der Waals surface area contributed by atoms with E-state index in [1.54, 1.807) is 6.07 Å². The van der Waals surface area contributed by atoms with Crippen LogP contribution in [0.25, 0.3) is 0 Å². The van der Waals surface area contributed by atoms with Crippen molar-refractivity contribution < 1.29 is 4.74 Å². The molecule has 0 saturated carbocycles. The minimum Gasteiger partial charge on any atom is -0.396 e. The normalized spacial score (nSPS) is 23.8. The molecule has 0 amide bonds. The van der Waals surface area contributed by atoms with Crippen LogP contribution >= 0.6 is 0 Å². The molecule has 94 valence electrons. The van der Waals surface area contributed by atoms with Gasteiger partial charge < -0.3 is 21.5 Å². The third kappa shape index (κ3) is 2.79. The van der Waals surface area contributed by atoms with Gasteiger partial charge in [-0.15, -0.1) is 0 Å². The Labute approximate surface area is 102 Å². The number of nitrogen functional groups attached to an aromatic ring is 2. The second kappa shape index (κ2) is 5.23. The second-order valence-corrected chi connectivity index (χ2v) is 4.42. The highest BCUT2D eigenvalue weighted by atomic mass is 16.5. The van der Waals surface area contributed by atoms with Crippen molar-refractivity contribution in [2.75, 3.05) is 29.9 Å². The fraction of sp³-hybridized carbons (Fsp3) is 0.583. The Hall–Kier alpha value is -1.49. The molecule has 5 N–H and O–H groups in total. The summed E-state index contributed by atoms with van der Waals surface area (Å²) in [4.78, 5) is 4.19. The minimum atomic E-state index is 0.369. The van der Waals surface area contributed by atoms with Gasteiger partial charge in [0.25, 0.3) is 0 Å². The van der Waals surface area contributed by atoms with Crippen LogP contribution in [0.4, 0.5) is 17.3 Å². The number of ether oxygens (including phenoxy) is 1. The number of hydrogen-bond acceptors (Lipinski definition) is 5. The molecule has 1 aromatic rings. The third-order valence-corrected chi connectivity index (χ3v) is 3.25. The Kier molecular flexibility index (Phi) is 3.68. The largest absolute Gasteiger partial charge is 0.396 e. The van der Waals surface area contributed by atoms with Crippen molar-refractivity contribution in [3.05, 3.63) is 12.1 Å². The summed E-state index contributed by atoms with van der Waals surface area (Å²) in [5, 5.41) is 3.29. The van der Waals surface area contributed by atoms with Crippen molar-refractivity contribution in [1.29, 1.82) is 0 Å². The number of nitrogens with two attached hydrogens (primary N) is 2. The number of pyridine rings is 1. The van der Waals surface area contributed by atoms with Gasteiger partial charge in [0.2, 0.25) is 0 Å². The average Bonchev–Trinajstić information content (AvgIpc) is 2.78. The molecule has 17 heavy (non-hydrogen) atoms. The van der Waals surface area contributed by atoms with Crippen LogP contribution in [0, 0.1) is 5.92 Å². The van der Waals surface area contributed by atoms with Gasteiger partial charge in [0.1, 0.15) is 11.6 Å². The Morgan fingerprint density at radius 1 is 1.47 bits per heavy atom. The molecule has 5 nitrogen and oxygen atoms in total. The number of nitrogens with one attached hydrogen (secondary N) is 1. The molecule has 0 spiro atoms. The molecule has 1 saturated heterocycles. The smallest absolute Gasteiger partial charge is 0.149 e. The summed E-state index contributed by atoms with van der Waals surface area (Å²) in [5.74, 6) is 1.71. The van der Waals surface area contributed by atoms with Crippen molar-refractivity contribution in [2.45, 2.75) is 25.9 Å². The first-order valence-corrected chi connectivity index (χ1v) is 6.08. The van der Waals surface area contributed by atoms with Crippen LogP contribution in [0.5, 0.6) is 0 Å². The minimum absolute atomic E-state index is 0.369. The van der Waals surface area contributed by atoms with E-state index < -0.39 is 0 Å². The molecule has 1 aliphatic rings. The lowest BCUT2D eigenvalue weighted by atomic mass is 10.00. The van der Waals surface area contributed by atoms with Crippen molar-refractivity contribution >= 4 is 17.3 Å². The zero-order valence-corrected chi connectivity index (χ0v) is 10.1. The molecule has 0 aliphatic carbocycles. The van der Waals surface area contributed by atoms with Crippen LogP contribution in [-0.2, 0) is 4.74 Å². The lowest BCUT2D eigenvalue weighted by Crippen LogP contribution is -2.23. The quantitative estimate of drug-likeness (QED) is 0.737. The maximum Gasteiger partial charge on any atom is 0.149 e. The maximum atomic E-state index is 5.66. The fourth-order valence-electron chi connectivity index (χ4n) is 2.20.